The van der Waals surface area contributed by atoms with Crippen LogP contribution in [0.5, 0.6) is 0 Å². The molecule has 1 aromatic rings. The van der Waals surface area contributed by atoms with E-state index < -0.39 is 11.9 Å². The van der Waals surface area contributed by atoms with Crippen LogP contribution in [0.4, 0.5) is 16.2 Å². The SMILES string of the molecule is CC(C)N(C)c1cccc(NC(=O)N2CCC(C(=O)O)C2)c1. The molecule has 1 aromatic carbocycles. The van der Waals surface area contributed by atoms with Gasteiger partial charge in [-0.25, -0.2) is 4.79 Å². The van der Waals surface area contributed by atoms with Gasteiger partial charge in [-0.1, -0.05) is 6.07 Å². The van der Waals surface area contributed by atoms with Crippen LogP contribution in [0.1, 0.15) is 20.3 Å². The molecule has 1 atom stereocenters. The van der Waals surface area contributed by atoms with Crippen LogP contribution in [0.3, 0.4) is 0 Å². The van der Waals surface area contributed by atoms with Gasteiger partial charge in [0.05, 0.1) is 5.92 Å². The van der Waals surface area contributed by atoms with Crippen LogP contribution in [0, 0.1) is 5.92 Å². The normalized spacial score (nSPS) is 17.6. The van der Waals surface area contributed by atoms with E-state index >= 15 is 0 Å². The maximum absolute atomic E-state index is 12.2. The molecule has 1 heterocycles. The Morgan fingerprint density at radius 2 is 2.14 bits per heavy atom. The Hall–Kier alpha value is -2.24. The number of nitrogens with zero attached hydrogens (tertiary/aromatic N) is 2. The number of benzene rings is 1. The lowest BCUT2D eigenvalue weighted by Crippen LogP contribution is -2.33. The van der Waals surface area contributed by atoms with Crippen molar-refractivity contribution < 1.29 is 14.7 Å². The molecule has 0 aliphatic carbocycles. The van der Waals surface area contributed by atoms with Crippen molar-refractivity contribution in [1.82, 2.24) is 4.90 Å². The average Bonchev–Trinajstić information content (AvgIpc) is 2.96. The van der Waals surface area contributed by atoms with Crippen molar-refractivity contribution in [3.63, 3.8) is 0 Å². The summed E-state index contributed by atoms with van der Waals surface area (Å²) >= 11 is 0. The number of carbonyl (C=O) groups is 2. The number of carboxylic acids is 1. The highest BCUT2D eigenvalue weighted by Gasteiger charge is 2.30. The minimum absolute atomic E-state index is 0.242. The van der Waals surface area contributed by atoms with E-state index in [1.807, 2.05) is 31.3 Å². The van der Waals surface area contributed by atoms with Crippen LogP contribution in [-0.2, 0) is 4.79 Å². The summed E-state index contributed by atoms with van der Waals surface area (Å²) in [6.07, 6.45) is 0.513. The lowest BCUT2D eigenvalue weighted by atomic mass is 10.1. The fourth-order valence-electron chi connectivity index (χ4n) is 2.45. The molecule has 1 unspecified atom stereocenters. The fourth-order valence-corrected chi connectivity index (χ4v) is 2.45. The zero-order valence-electron chi connectivity index (χ0n) is 13.2. The fraction of sp³-hybridized carbons (Fsp3) is 0.500. The number of amides is 2. The number of hydrogen-bond donors (Lipinski definition) is 2. The Kier molecular flexibility index (Phi) is 4.90. The molecule has 120 valence electrons. The van der Waals surface area contributed by atoms with Gasteiger partial charge in [0.2, 0.25) is 0 Å². The smallest absolute Gasteiger partial charge is 0.321 e. The van der Waals surface area contributed by atoms with E-state index in [-0.39, 0.29) is 12.6 Å². The van der Waals surface area contributed by atoms with Crippen LogP contribution in [0.25, 0.3) is 0 Å². The van der Waals surface area contributed by atoms with Gasteiger partial charge >= 0.3 is 12.0 Å². The first-order valence-electron chi connectivity index (χ1n) is 7.50. The molecule has 0 spiro atoms. The van der Waals surface area contributed by atoms with Gasteiger partial charge in [0.15, 0.2) is 0 Å². The Bertz CT molecular complexity index is 559. The van der Waals surface area contributed by atoms with Crippen LogP contribution < -0.4 is 10.2 Å². The van der Waals surface area contributed by atoms with Crippen LogP contribution in [-0.4, -0.2) is 48.2 Å². The van der Waals surface area contributed by atoms with Crippen molar-refractivity contribution in [2.75, 3.05) is 30.4 Å². The molecule has 0 saturated carbocycles. The third-order valence-electron chi connectivity index (χ3n) is 4.10. The highest BCUT2D eigenvalue weighted by molar-refractivity contribution is 5.90. The monoisotopic (exact) mass is 305 g/mol. The van der Waals surface area contributed by atoms with E-state index in [0.29, 0.717) is 24.7 Å². The molecule has 1 saturated heterocycles. The Morgan fingerprint density at radius 1 is 1.41 bits per heavy atom. The minimum Gasteiger partial charge on any atom is -0.481 e. The average molecular weight is 305 g/mol. The summed E-state index contributed by atoms with van der Waals surface area (Å²) in [5.74, 6) is -1.29. The number of carboxylic acid groups (broad SMARTS) is 1. The van der Waals surface area contributed by atoms with Crippen molar-refractivity contribution in [2.45, 2.75) is 26.3 Å². The number of urea groups is 1. The minimum atomic E-state index is -0.837. The third-order valence-corrected chi connectivity index (χ3v) is 4.10. The van der Waals surface area contributed by atoms with Crippen molar-refractivity contribution >= 4 is 23.4 Å². The summed E-state index contributed by atoms with van der Waals surface area (Å²) in [5, 5.41) is 11.8. The topological polar surface area (TPSA) is 72.9 Å². The number of carbonyl (C=O) groups excluding carboxylic acids is 1. The molecular formula is C16H23N3O3. The lowest BCUT2D eigenvalue weighted by Gasteiger charge is -2.24. The second-order valence-electron chi connectivity index (χ2n) is 5.95. The van der Waals surface area contributed by atoms with Crippen LogP contribution >= 0.6 is 0 Å². The second kappa shape index (κ2) is 6.68. The van der Waals surface area contributed by atoms with Crippen molar-refractivity contribution in [1.29, 1.82) is 0 Å². The van der Waals surface area contributed by atoms with Gasteiger partial charge in [-0.05, 0) is 38.5 Å². The lowest BCUT2D eigenvalue weighted by molar-refractivity contribution is -0.141. The largest absolute Gasteiger partial charge is 0.481 e. The van der Waals surface area contributed by atoms with Crippen LogP contribution in [0.15, 0.2) is 24.3 Å². The molecule has 22 heavy (non-hydrogen) atoms. The highest BCUT2D eigenvalue weighted by Crippen LogP contribution is 2.22. The predicted octanol–water partition coefficient (Wildman–Crippen LogP) is 2.47. The zero-order valence-corrected chi connectivity index (χ0v) is 13.2. The molecule has 1 aliphatic rings. The molecule has 1 fully saturated rings. The third kappa shape index (κ3) is 3.69. The molecule has 6 nitrogen and oxygen atoms in total. The summed E-state index contributed by atoms with van der Waals surface area (Å²) < 4.78 is 0. The second-order valence-corrected chi connectivity index (χ2v) is 5.95. The molecule has 6 heteroatoms. The van der Waals surface area contributed by atoms with Gasteiger partial charge in [0.25, 0.3) is 0 Å². The number of anilines is 2. The first-order chi connectivity index (χ1) is 10.4. The molecule has 1 aliphatic heterocycles. The molecule has 2 rings (SSSR count). The highest BCUT2D eigenvalue weighted by atomic mass is 16.4. The van der Waals surface area contributed by atoms with E-state index in [0.717, 1.165) is 5.69 Å². The number of aliphatic carboxylic acids is 1. The maximum atomic E-state index is 12.2. The molecule has 0 radical (unpaired) electrons. The van der Waals surface area contributed by atoms with Gasteiger partial charge in [0, 0.05) is 37.6 Å². The maximum Gasteiger partial charge on any atom is 0.321 e. The van der Waals surface area contributed by atoms with Crippen molar-refractivity contribution in [3.8, 4) is 0 Å². The zero-order chi connectivity index (χ0) is 16.3. The van der Waals surface area contributed by atoms with E-state index in [4.69, 9.17) is 5.11 Å². The van der Waals surface area contributed by atoms with Crippen molar-refractivity contribution in [3.05, 3.63) is 24.3 Å². The number of rotatable bonds is 4. The number of nitrogens with one attached hydrogen (secondary N) is 1. The van der Waals surface area contributed by atoms with Gasteiger partial charge in [-0.3, -0.25) is 4.79 Å². The molecule has 2 amide bonds. The Balaban J connectivity index is 2.00. The summed E-state index contributed by atoms with van der Waals surface area (Å²) in [4.78, 5) is 26.8. The van der Waals surface area contributed by atoms with Gasteiger partial charge in [-0.15, -0.1) is 0 Å². The predicted molar refractivity (Wildman–Crippen MR) is 86.3 cm³/mol. The quantitative estimate of drug-likeness (QED) is 0.896. The van der Waals surface area contributed by atoms with E-state index in [2.05, 4.69) is 24.1 Å². The van der Waals surface area contributed by atoms with Gasteiger partial charge < -0.3 is 20.2 Å². The molecule has 2 N–H and O–H groups in total. The first-order valence-corrected chi connectivity index (χ1v) is 7.50. The Labute approximate surface area is 130 Å². The number of hydrogen-bond acceptors (Lipinski definition) is 3. The van der Waals surface area contributed by atoms with Crippen LogP contribution in [0.2, 0.25) is 0 Å². The first kappa shape index (κ1) is 16.1. The Morgan fingerprint density at radius 3 is 2.73 bits per heavy atom. The van der Waals surface area contributed by atoms with Gasteiger partial charge in [0.1, 0.15) is 0 Å². The summed E-state index contributed by atoms with van der Waals surface area (Å²) in [5.41, 5.74) is 1.74. The molecular weight excluding hydrogens is 282 g/mol. The summed E-state index contributed by atoms with van der Waals surface area (Å²) in [6.45, 7) is 4.95. The van der Waals surface area contributed by atoms with E-state index in [9.17, 15) is 9.59 Å². The van der Waals surface area contributed by atoms with Crippen molar-refractivity contribution in [2.24, 2.45) is 5.92 Å². The van der Waals surface area contributed by atoms with E-state index in [1.165, 1.54) is 0 Å². The molecule has 0 bridgehead atoms. The number of likely N-dealkylation sites (tertiary alicyclic amines) is 1. The standard InChI is InChI=1S/C16H23N3O3/c1-11(2)18(3)14-6-4-5-13(9-14)17-16(22)19-8-7-12(10-19)15(20)21/h4-6,9,11-12H,7-8,10H2,1-3H3,(H,17,22)(H,20,21). The van der Waals surface area contributed by atoms with E-state index in [1.54, 1.807) is 4.90 Å². The van der Waals surface area contributed by atoms with Gasteiger partial charge in [-0.2, -0.15) is 0 Å². The summed E-state index contributed by atoms with van der Waals surface area (Å²) in [7, 11) is 2.00. The summed E-state index contributed by atoms with van der Waals surface area (Å²) in [6, 6.07) is 7.76. The molecule has 0 aromatic heterocycles.